The molecule has 1 aromatic rings. The van der Waals surface area contributed by atoms with Gasteiger partial charge in [-0.3, -0.25) is 0 Å². The predicted octanol–water partition coefficient (Wildman–Crippen LogP) is 8.03. The standard InChI is InChI=1S/C23H31Cl/c1-15(2)20(8)17(5)13-18(6)23(14-19(7)24)22-11-9-21(10-12-22)16(3)4/h9-12,14,16H,1,13H2,2-8H3/b19-14+,20-17+,23-18+. The summed E-state index contributed by atoms with van der Waals surface area (Å²) < 4.78 is 0. The lowest BCUT2D eigenvalue weighted by atomic mass is 9.92. The van der Waals surface area contributed by atoms with Gasteiger partial charge in [-0.2, -0.15) is 0 Å². The Morgan fingerprint density at radius 3 is 1.96 bits per heavy atom. The van der Waals surface area contributed by atoms with Crippen molar-refractivity contribution < 1.29 is 0 Å². The fourth-order valence-corrected chi connectivity index (χ4v) is 2.80. The van der Waals surface area contributed by atoms with E-state index in [1.807, 2.05) is 6.92 Å². The van der Waals surface area contributed by atoms with Crippen LogP contribution in [0.2, 0.25) is 0 Å². The van der Waals surface area contributed by atoms with E-state index in [9.17, 15) is 0 Å². The first-order chi connectivity index (χ1) is 11.1. The highest BCUT2D eigenvalue weighted by Crippen LogP contribution is 2.29. The Morgan fingerprint density at radius 2 is 1.54 bits per heavy atom. The molecule has 0 saturated heterocycles. The number of rotatable bonds is 6. The van der Waals surface area contributed by atoms with E-state index in [1.54, 1.807) is 0 Å². The summed E-state index contributed by atoms with van der Waals surface area (Å²) in [5.74, 6) is 0.543. The molecule has 0 aliphatic carbocycles. The minimum atomic E-state index is 0.543. The van der Waals surface area contributed by atoms with E-state index >= 15 is 0 Å². The fraction of sp³-hybridized carbons (Fsp3) is 0.391. The highest BCUT2D eigenvalue weighted by molar-refractivity contribution is 6.29. The lowest BCUT2D eigenvalue weighted by Crippen LogP contribution is -1.93. The molecule has 1 heteroatoms. The van der Waals surface area contributed by atoms with Crippen molar-refractivity contribution in [1.29, 1.82) is 0 Å². The molecule has 0 nitrogen and oxygen atoms in total. The fourth-order valence-electron chi connectivity index (χ4n) is 2.69. The van der Waals surface area contributed by atoms with Crippen molar-refractivity contribution in [2.45, 2.75) is 60.8 Å². The predicted molar refractivity (Wildman–Crippen MR) is 111 cm³/mol. The minimum Gasteiger partial charge on any atom is -0.0959 e. The van der Waals surface area contributed by atoms with Gasteiger partial charge in [-0.1, -0.05) is 73.0 Å². The van der Waals surface area contributed by atoms with Crippen molar-refractivity contribution >= 4 is 17.2 Å². The Balaban J connectivity index is 3.32. The molecular formula is C23H31Cl. The topological polar surface area (TPSA) is 0 Å². The monoisotopic (exact) mass is 342 g/mol. The summed E-state index contributed by atoms with van der Waals surface area (Å²) in [6, 6.07) is 8.84. The van der Waals surface area contributed by atoms with Crippen molar-refractivity contribution in [3.63, 3.8) is 0 Å². The first-order valence-corrected chi connectivity index (χ1v) is 8.97. The van der Waals surface area contributed by atoms with Crippen LogP contribution in [0.3, 0.4) is 0 Å². The molecular weight excluding hydrogens is 312 g/mol. The second-order valence-electron chi connectivity index (χ2n) is 7.06. The summed E-state index contributed by atoms with van der Waals surface area (Å²) in [6.45, 7) is 19.0. The van der Waals surface area contributed by atoms with E-state index < -0.39 is 0 Å². The molecule has 0 aromatic heterocycles. The zero-order chi connectivity index (χ0) is 18.4. The van der Waals surface area contributed by atoms with Gasteiger partial charge in [0.1, 0.15) is 0 Å². The van der Waals surface area contributed by atoms with Gasteiger partial charge in [0, 0.05) is 5.03 Å². The zero-order valence-corrected chi connectivity index (χ0v) is 17.0. The smallest absolute Gasteiger partial charge is 0.0156 e. The molecule has 0 unspecified atom stereocenters. The summed E-state index contributed by atoms with van der Waals surface area (Å²) in [4.78, 5) is 0. The van der Waals surface area contributed by atoms with E-state index in [4.69, 9.17) is 11.6 Å². The van der Waals surface area contributed by atoms with Crippen LogP contribution in [0.1, 0.15) is 71.9 Å². The van der Waals surface area contributed by atoms with Crippen LogP contribution in [0.25, 0.3) is 5.57 Å². The number of hydrogen-bond donors (Lipinski definition) is 0. The van der Waals surface area contributed by atoms with Gasteiger partial charge in [-0.25, -0.2) is 0 Å². The summed E-state index contributed by atoms with van der Waals surface area (Å²) >= 11 is 6.20. The summed E-state index contributed by atoms with van der Waals surface area (Å²) in [5, 5.41) is 0.801. The second-order valence-corrected chi connectivity index (χ2v) is 7.66. The van der Waals surface area contributed by atoms with Crippen LogP contribution in [-0.4, -0.2) is 0 Å². The Kier molecular flexibility index (Phi) is 7.76. The normalized spacial score (nSPS) is 14.5. The maximum absolute atomic E-state index is 6.20. The summed E-state index contributed by atoms with van der Waals surface area (Å²) in [6.07, 6.45) is 3.01. The van der Waals surface area contributed by atoms with E-state index in [2.05, 4.69) is 78.5 Å². The molecule has 0 spiro atoms. The summed E-state index contributed by atoms with van der Waals surface area (Å²) in [5.41, 5.74) is 8.89. The third kappa shape index (κ3) is 5.83. The lowest BCUT2D eigenvalue weighted by Gasteiger charge is -2.14. The average molecular weight is 343 g/mol. The molecule has 0 heterocycles. The van der Waals surface area contributed by atoms with Crippen molar-refractivity contribution in [3.8, 4) is 0 Å². The molecule has 1 aromatic carbocycles. The van der Waals surface area contributed by atoms with E-state index in [1.165, 1.54) is 33.4 Å². The van der Waals surface area contributed by atoms with Gasteiger partial charge in [0.15, 0.2) is 0 Å². The molecule has 0 aliphatic heterocycles. The van der Waals surface area contributed by atoms with E-state index in [-0.39, 0.29) is 0 Å². The SMILES string of the molecule is C=C(C)/C(C)=C(\C)C/C(C)=C(\C=C(/C)Cl)c1ccc(C(C)C)cc1. The molecule has 24 heavy (non-hydrogen) atoms. The maximum atomic E-state index is 6.20. The number of allylic oxidation sites excluding steroid dienone is 7. The molecule has 0 radical (unpaired) electrons. The van der Waals surface area contributed by atoms with Gasteiger partial charge < -0.3 is 0 Å². The van der Waals surface area contributed by atoms with Crippen LogP contribution in [0.15, 0.2) is 64.2 Å². The lowest BCUT2D eigenvalue weighted by molar-refractivity contribution is 0.866. The Bertz CT molecular complexity index is 675. The molecule has 1 rings (SSSR count). The molecule has 0 aliphatic rings. The van der Waals surface area contributed by atoms with Crippen molar-refractivity contribution in [2.24, 2.45) is 0 Å². The van der Waals surface area contributed by atoms with Crippen LogP contribution in [0.4, 0.5) is 0 Å². The average Bonchev–Trinajstić information content (AvgIpc) is 2.51. The third-order valence-corrected chi connectivity index (χ3v) is 4.61. The van der Waals surface area contributed by atoms with Crippen LogP contribution < -0.4 is 0 Å². The minimum absolute atomic E-state index is 0.543. The highest BCUT2D eigenvalue weighted by Gasteiger charge is 2.08. The molecule has 0 atom stereocenters. The quantitative estimate of drug-likeness (QED) is 0.459. The van der Waals surface area contributed by atoms with Crippen LogP contribution >= 0.6 is 11.6 Å². The van der Waals surface area contributed by atoms with Crippen molar-refractivity contribution in [1.82, 2.24) is 0 Å². The van der Waals surface area contributed by atoms with E-state index in [0.29, 0.717) is 5.92 Å². The first-order valence-electron chi connectivity index (χ1n) is 8.59. The Morgan fingerprint density at radius 1 is 1.00 bits per heavy atom. The molecule has 0 bridgehead atoms. The van der Waals surface area contributed by atoms with Crippen LogP contribution in [0, 0.1) is 0 Å². The van der Waals surface area contributed by atoms with Crippen molar-refractivity contribution in [2.75, 3.05) is 0 Å². The maximum Gasteiger partial charge on any atom is 0.0156 e. The molecule has 0 N–H and O–H groups in total. The molecule has 0 amide bonds. The highest BCUT2D eigenvalue weighted by atomic mass is 35.5. The van der Waals surface area contributed by atoms with Gasteiger partial charge in [-0.15, -0.1) is 0 Å². The number of halogens is 1. The third-order valence-electron chi connectivity index (χ3n) is 4.50. The van der Waals surface area contributed by atoms with Gasteiger partial charge in [0.25, 0.3) is 0 Å². The first kappa shape index (κ1) is 20.5. The summed E-state index contributed by atoms with van der Waals surface area (Å²) in [7, 11) is 0. The zero-order valence-electron chi connectivity index (χ0n) is 16.3. The van der Waals surface area contributed by atoms with Gasteiger partial charge in [-0.05, 0) is 75.3 Å². The molecule has 0 fully saturated rings. The van der Waals surface area contributed by atoms with Gasteiger partial charge >= 0.3 is 0 Å². The molecule has 0 saturated carbocycles. The van der Waals surface area contributed by atoms with E-state index in [0.717, 1.165) is 17.0 Å². The van der Waals surface area contributed by atoms with Crippen molar-refractivity contribution in [3.05, 3.63) is 75.4 Å². The second kappa shape index (κ2) is 9.08. The molecule has 130 valence electrons. The largest absolute Gasteiger partial charge is 0.0959 e. The van der Waals surface area contributed by atoms with Crippen LogP contribution in [0.5, 0.6) is 0 Å². The number of benzene rings is 1. The van der Waals surface area contributed by atoms with Crippen LogP contribution in [-0.2, 0) is 0 Å². The van der Waals surface area contributed by atoms with Gasteiger partial charge in [0.05, 0.1) is 0 Å². The number of hydrogen-bond acceptors (Lipinski definition) is 0. The Hall–Kier alpha value is -1.53. The Labute approximate surface area is 153 Å². The van der Waals surface area contributed by atoms with Gasteiger partial charge in [0.2, 0.25) is 0 Å².